The monoisotopic (exact) mass is 240 g/mol. The van der Waals surface area contributed by atoms with E-state index in [-0.39, 0.29) is 11.1 Å². The molecule has 1 aliphatic rings. The first kappa shape index (κ1) is 13.0. The third-order valence-corrected chi connectivity index (χ3v) is 3.01. The lowest BCUT2D eigenvalue weighted by Crippen LogP contribution is -2.37. The number of hydrogen-bond donors (Lipinski definition) is 0. The first-order valence-electron chi connectivity index (χ1n) is 4.88. The van der Waals surface area contributed by atoms with Crippen molar-refractivity contribution in [2.45, 2.75) is 27.7 Å². The Hall–Kier alpha value is -2.05. The standard InChI is InChI=1S/C10H12N2O5/c1-5-6(2)9(13)10(3,4)8(12(16)17)7(5)11(14)15/h1-4H3. The molecule has 0 saturated carbocycles. The van der Waals surface area contributed by atoms with Gasteiger partial charge in [0.05, 0.1) is 9.85 Å². The minimum atomic E-state index is -1.48. The van der Waals surface area contributed by atoms with Gasteiger partial charge in [-0.15, -0.1) is 0 Å². The van der Waals surface area contributed by atoms with Gasteiger partial charge in [-0.2, -0.15) is 0 Å². The van der Waals surface area contributed by atoms with Crippen LogP contribution in [-0.4, -0.2) is 15.6 Å². The van der Waals surface area contributed by atoms with E-state index in [0.29, 0.717) is 0 Å². The van der Waals surface area contributed by atoms with Crippen LogP contribution in [0.4, 0.5) is 0 Å². The minimum Gasteiger partial charge on any atom is -0.293 e. The molecule has 1 rings (SSSR count). The van der Waals surface area contributed by atoms with Crippen molar-refractivity contribution in [1.82, 2.24) is 0 Å². The molecule has 0 unspecified atom stereocenters. The van der Waals surface area contributed by atoms with Crippen LogP contribution in [0.25, 0.3) is 0 Å². The fraction of sp³-hybridized carbons (Fsp3) is 0.500. The number of allylic oxidation sites excluding steroid dienone is 3. The van der Waals surface area contributed by atoms with Gasteiger partial charge >= 0.3 is 11.4 Å². The molecule has 0 spiro atoms. The van der Waals surface area contributed by atoms with Gasteiger partial charge in [0.1, 0.15) is 5.41 Å². The molecule has 0 aromatic heterocycles. The molecule has 1 aliphatic carbocycles. The van der Waals surface area contributed by atoms with Crippen LogP contribution in [0.15, 0.2) is 22.5 Å². The van der Waals surface area contributed by atoms with Gasteiger partial charge in [0, 0.05) is 11.1 Å². The number of nitrogens with zero attached hydrogens (tertiary/aromatic N) is 2. The topological polar surface area (TPSA) is 103 Å². The van der Waals surface area contributed by atoms with Crippen molar-refractivity contribution in [2.75, 3.05) is 0 Å². The normalized spacial score (nSPS) is 19.6. The number of rotatable bonds is 2. The highest BCUT2D eigenvalue weighted by molar-refractivity contribution is 6.03. The SMILES string of the molecule is CC1=C(C)C([N+](=O)[O-])=C([N+](=O)[O-])C(C)(C)C1=O. The van der Waals surface area contributed by atoms with Crippen LogP contribution in [-0.2, 0) is 4.79 Å². The van der Waals surface area contributed by atoms with Gasteiger partial charge in [0.2, 0.25) is 0 Å². The number of hydrogen-bond acceptors (Lipinski definition) is 5. The second-order valence-corrected chi connectivity index (χ2v) is 4.42. The van der Waals surface area contributed by atoms with Crippen LogP contribution in [0.5, 0.6) is 0 Å². The van der Waals surface area contributed by atoms with Crippen LogP contribution in [0.1, 0.15) is 27.7 Å². The zero-order valence-electron chi connectivity index (χ0n) is 9.94. The summed E-state index contributed by atoms with van der Waals surface area (Å²) in [7, 11) is 0. The Kier molecular flexibility index (Phi) is 2.88. The summed E-state index contributed by atoms with van der Waals surface area (Å²) in [6.07, 6.45) is 0. The molecule has 0 aromatic carbocycles. The molecule has 0 atom stereocenters. The van der Waals surface area contributed by atoms with E-state index in [4.69, 9.17) is 0 Å². The number of carbonyl (C=O) groups excluding carboxylic acids is 1. The number of Topliss-reactive ketones (excluding diaryl/α,β-unsaturated/α-hetero) is 1. The Labute approximate surface area is 97.1 Å². The fourth-order valence-electron chi connectivity index (χ4n) is 1.94. The first-order chi connectivity index (χ1) is 7.62. The molecule has 0 radical (unpaired) electrons. The van der Waals surface area contributed by atoms with Gasteiger partial charge in [-0.3, -0.25) is 25.0 Å². The van der Waals surface area contributed by atoms with Gasteiger partial charge in [0.25, 0.3) is 0 Å². The van der Waals surface area contributed by atoms with Crippen molar-refractivity contribution in [1.29, 1.82) is 0 Å². The van der Waals surface area contributed by atoms with Crippen LogP contribution in [0.3, 0.4) is 0 Å². The highest BCUT2D eigenvalue weighted by Crippen LogP contribution is 2.40. The molecule has 0 saturated heterocycles. The number of nitro groups is 2. The molecule has 92 valence electrons. The summed E-state index contributed by atoms with van der Waals surface area (Å²) in [5, 5.41) is 21.9. The summed E-state index contributed by atoms with van der Waals surface area (Å²) >= 11 is 0. The Morgan fingerprint density at radius 1 is 1.00 bits per heavy atom. The van der Waals surface area contributed by atoms with Gasteiger partial charge in [-0.1, -0.05) is 0 Å². The summed E-state index contributed by atoms with van der Waals surface area (Å²) in [5.74, 6) is -0.452. The van der Waals surface area contributed by atoms with Crippen molar-refractivity contribution < 1.29 is 14.6 Å². The van der Waals surface area contributed by atoms with E-state index in [1.54, 1.807) is 0 Å². The second-order valence-electron chi connectivity index (χ2n) is 4.42. The van der Waals surface area contributed by atoms with Crippen molar-refractivity contribution >= 4 is 5.78 Å². The van der Waals surface area contributed by atoms with E-state index in [0.717, 1.165) is 0 Å². The molecule has 17 heavy (non-hydrogen) atoms. The molecular formula is C10H12N2O5. The quantitative estimate of drug-likeness (QED) is 0.539. The summed E-state index contributed by atoms with van der Waals surface area (Å²) in [6, 6.07) is 0. The Morgan fingerprint density at radius 3 is 1.82 bits per heavy atom. The third kappa shape index (κ3) is 1.73. The molecule has 0 aliphatic heterocycles. The highest BCUT2D eigenvalue weighted by atomic mass is 16.6. The average Bonchev–Trinajstić information content (AvgIpc) is 2.19. The van der Waals surface area contributed by atoms with Crippen LogP contribution in [0.2, 0.25) is 0 Å². The Balaban J connectivity index is 3.74. The largest absolute Gasteiger partial charge is 0.345 e. The minimum absolute atomic E-state index is 0.0611. The van der Waals surface area contributed by atoms with Crippen molar-refractivity contribution in [3.8, 4) is 0 Å². The summed E-state index contributed by atoms with van der Waals surface area (Å²) < 4.78 is 0. The van der Waals surface area contributed by atoms with Gasteiger partial charge in [0.15, 0.2) is 5.78 Å². The maximum atomic E-state index is 11.9. The molecule has 0 amide bonds. The lowest BCUT2D eigenvalue weighted by molar-refractivity contribution is -0.477. The van der Waals surface area contributed by atoms with E-state index in [2.05, 4.69) is 0 Å². The molecule has 0 aromatic rings. The van der Waals surface area contributed by atoms with Crippen molar-refractivity contribution in [3.63, 3.8) is 0 Å². The number of carbonyl (C=O) groups is 1. The summed E-state index contributed by atoms with van der Waals surface area (Å²) in [6.45, 7) is 5.45. The van der Waals surface area contributed by atoms with Gasteiger partial charge in [-0.25, -0.2) is 0 Å². The zero-order chi connectivity index (χ0) is 13.5. The van der Waals surface area contributed by atoms with E-state index >= 15 is 0 Å². The fourth-order valence-corrected chi connectivity index (χ4v) is 1.94. The van der Waals surface area contributed by atoms with E-state index < -0.39 is 32.4 Å². The predicted octanol–water partition coefficient (Wildman–Crippen LogP) is 1.70. The lowest BCUT2D eigenvalue weighted by atomic mass is 9.75. The molecule has 0 bridgehead atoms. The molecule has 7 heteroatoms. The maximum absolute atomic E-state index is 11.9. The van der Waals surface area contributed by atoms with E-state index in [1.807, 2.05) is 0 Å². The zero-order valence-corrected chi connectivity index (χ0v) is 9.94. The summed E-state index contributed by atoms with van der Waals surface area (Å²) in [4.78, 5) is 32.1. The average molecular weight is 240 g/mol. The van der Waals surface area contributed by atoms with E-state index in [9.17, 15) is 25.0 Å². The van der Waals surface area contributed by atoms with Crippen molar-refractivity contribution in [3.05, 3.63) is 42.8 Å². The first-order valence-corrected chi connectivity index (χ1v) is 4.88. The second kappa shape index (κ2) is 3.76. The maximum Gasteiger partial charge on any atom is 0.345 e. The number of ketones is 1. The summed E-state index contributed by atoms with van der Waals surface area (Å²) in [5.41, 5.74) is -2.43. The predicted molar refractivity (Wildman–Crippen MR) is 58.2 cm³/mol. The Morgan fingerprint density at radius 2 is 1.47 bits per heavy atom. The van der Waals surface area contributed by atoms with Gasteiger partial charge in [-0.05, 0) is 27.7 Å². The smallest absolute Gasteiger partial charge is 0.293 e. The molecule has 0 N–H and O–H groups in total. The molecule has 0 fully saturated rings. The van der Waals surface area contributed by atoms with Crippen LogP contribution < -0.4 is 0 Å². The highest BCUT2D eigenvalue weighted by Gasteiger charge is 2.52. The van der Waals surface area contributed by atoms with Gasteiger partial charge < -0.3 is 0 Å². The third-order valence-electron chi connectivity index (χ3n) is 3.01. The molecule has 0 heterocycles. The molecular weight excluding hydrogens is 228 g/mol. The van der Waals surface area contributed by atoms with Crippen LogP contribution in [0, 0.1) is 25.6 Å². The van der Waals surface area contributed by atoms with Crippen molar-refractivity contribution in [2.24, 2.45) is 5.41 Å². The van der Waals surface area contributed by atoms with Crippen LogP contribution >= 0.6 is 0 Å². The Bertz CT molecular complexity index is 499. The lowest BCUT2D eigenvalue weighted by Gasteiger charge is -2.24. The van der Waals surface area contributed by atoms with E-state index in [1.165, 1.54) is 27.7 Å². The molecule has 7 nitrogen and oxygen atoms in total.